The zero-order chi connectivity index (χ0) is 23.4. The molecule has 7 rings (SSSR count). The summed E-state index contributed by atoms with van der Waals surface area (Å²) < 4.78 is 9.95. The molecule has 5 heteroatoms. The number of nitrogens with zero attached hydrogens (tertiary/aromatic N) is 2. The molecular formula is C30H20BN2O2. The van der Waals surface area contributed by atoms with Crippen LogP contribution in [0.4, 0.5) is 0 Å². The topological polar surface area (TPSA) is 39.3 Å². The van der Waals surface area contributed by atoms with Crippen LogP contribution in [-0.2, 0) is 0 Å². The molecular weight excluding hydrogens is 431 g/mol. The summed E-state index contributed by atoms with van der Waals surface area (Å²) in [5, 5.41) is 13.8. The van der Waals surface area contributed by atoms with E-state index in [-0.39, 0.29) is 0 Å². The lowest BCUT2D eigenvalue weighted by molar-refractivity contribution is 0.454. The van der Waals surface area contributed by atoms with Crippen LogP contribution in [0.25, 0.3) is 55.0 Å². The molecule has 2 heterocycles. The first-order valence-electron chi connectivity index (χ1n) is 11.6. The van der Waals surface area contributed by atoms with E-state index >= 15 is 0 Å². The van der Waals surface area contributed by atoms with E-state index in [4.69, 9.17) is 4.65 Å². The number of para-hydroxylation sites is 3. The Morgan fingerprint density at radius 1 is 0.486 bits per heavy atom. The molecule has 1 radical (unpaired) electrons. The Balaban J connectivity index is 1.67. The minimum atomic E-state index is 0.596. The van der Waals surface area contributed by atoms with Gasteiger partial charge in [0, 0.05) is 32.9 Å². The Hall–Kier alpha value is -4.48. The van der Waals surface area contributed by atoms with Gasteiger partial charge in [0.25, 0.3) is 0 Å². The van der Waals surface area contributed by atoms with Crippen molar-refractivity contribution in [2.45, 2.75) is 0 Å². The smallest absolute Gasteiger partial charge is 0.537 e. The average Bonchev–Trinajstić information content (AvgIpc) is 3.40. The van der Waals surface area contributed by atoms with Crippen molar-refractivity contribution in [1.82, 2.24) is 9.13 Å². The molecule has 0 bridgehead atoms. The fourth-order valence-electron chi connectivity index (χ4n) is 5.31. The third-order valence-corrected chi connectivity index (χ3v) is 6.75. The molecule has 1 N–H and O–H groups in total. The molecule has 0 spiro atoms. The molecule has 5 aromatic carbocycles. The van der Waals surface area contributed by atoms with Crippen LogP contribution in [0.2, 0.25) is 0 Å². The Bertz CT molecular complexity index is 1850. The predicted molar refractivity (Wildman–Crippen MR) is 144 cm³/mol. The Labute approximate surface area is 202 Å². The Kier molecular flexibility index (Phi) is 4.44. The van der Waals surface area contributed by atoms with Crippen LogP contribution in [0, 0.1) is 0 Å². The third kappa shape index (κ3) is 2.99. The highest BCUT2D eigenvalue weighted by Gasteiger charge is 2.18. The summed E-state index contributed by atoms with van der Waals surface area (Å²) in [4.78, 5) is 0. The lowest BCUT2D eigenvalue weighted by atomic mass is 10.1. The van der Waals surface area contributed by atoms with E-state index in [0.717, 1.165) is 46.4 Å². The fraction of sp³-hybridized carbons (Fsp3) is 0. The van der Waals surface area contributed by atoms with Crippen molar-refractivity contribution in [1.29, 1.82) is 0 Å². The number of aromatic nitrogens is 2. The SMILES string of the molecule is O[B]Oc1ccc2c(c1)c1cc3c4ccccc4n(-c4ccccc4)c3cc1n2-c1ccccc1. The van der Waals surface area contributed by atoms with Gasteiger partial charge in [0.2, 0.25) is 0 Å². The highest BCUT2D eigenvalue weighted by atomic mass is 16.5. The fourth-order valence-corrected chi connectivity index (χ4v) is 5.31. The van der Waals surface area contributed by atoms with E-state index in [9.17, 15) is 5.02 Å². The van der Waals surface area contributed by atoms with E-state index in [1.165, 1.54) is 16.3 Å². The number of fused-ring (bicyclic) bond motifs is 6. The number of benzene rings is 5. The normalized spacial score (nSPS) is 11.6. The van der Waals surface area contributed by atoms with Gasteiger partial charge < -0.3 is 18.8 Å². The third-order valence-electron chi connectivity index (χ3n) is 6.75. The number of hydrogen-bond acceptors (Lipinski definition) is 2. The van der Waals surface area contributed by atoms with E-state index in [1.807, 2.05) is 24.3 Å². The van der Waals surface area contributed by atoms with Gasteiger partial charge in [-0.15, -0.1) is 0 Å². The second kappa shape index (κ2) is 7.79. The molecule has 0 aliphatic carbocycles. The average molecular weight is 451 g/mol. The Morgan fingerprint density at radius 3 is 1.69 bits per heavy atom. The summed E-state index contributed by atoms with van der Waals surface area (Å²) in [7, 11) is 0.725. The zero-order valence-electron chi connectivity index (χ0n) is 18.8. The molecule has 0 amide bonds. The quantitative estimate of drug-likeness (QED) is 0.300. The summed E-state index contributed by atoms with van der Waals surface area (Å²) in [6.45, 7) is 0. The van der Waals surface area contributed by atoms with Gasteiger partial charge in [-0.05, 0) is 60.7 Å². The molecule has 0 unspecified atom stereocenters. The van der Waals surface area contributed by atoms with Crippen LogP contribution in [-0.4, -0.2) is 21.8 Å². The zero-order valence-corrected chi connectivity index (χ0v) is 18.8. The molecule has 0 fully saturated rings. The van der Waals surface area contributed by atoms with Crippen molar-refractivity contribution in [3.8, 4) is 17.1 Å². The van der Waals surface area contributed by atoms with Crippen LogP contribution >= 0.6 is 0 Å². The maximum Gasteiger partial charge on any atom is 0.569 e. The second-order valence-electron chi connectivity index (χ2n) is 8.65. The lowest BCUT2D eigenvalue weighted by Crippen LogP contribution is -1.99. The largest absolute Gasteiger partial charge is 0.569 e. The van der Waals surface area contributed by atoms with Gasteiger partial charge in [-0.25, -0.2) is 0 Å². The molecule has 0 aliphatic heterocycles. The molecule has 7 aromatic rings. The minimum Gasteiger partial charge on any atom is -0.537 e. The van der Waals surface area contributed by atoms with E-state index in [1.54, 1.807) is 0 Å². The van der Waals surface area contributed by atoms with Crippen molar-refractivity contribution in [2.75, 3.05) is 0 Å². The van der Waals surface area contributed by atoms with Crippen molar-refractivity contribution in [2.24, 2.45) is 0 Å². The summed E-state index contributed by atoms with van der Waals surface area (Å²) in [6, 6.07) is 40.0. The second-order valence-corrected chi connectivity index (χ2v) is 8.65. The van der Waals surface area contributed by atoms with Gasteiger partial charge in [0.1, 0.15) is 5.75 Å². The standard InChI is InChI=1S/C30H20BN2O2/c34-31-35-22-15-16-28-24(17-22)26-18-25-23-13-7-8-14-27(23)32(20-9-3-1-4-10-20)29(25)19-30(26)33(28)21-11-5-2-6-12-21/h1-19,34H. The highest BCUT2D eigenvalue weighted by molar-refractivity contribution is 6.20. The van der Waals surface area contributed by atoms with E-state index in [0.29, 0.717) is 5.75 Å². The maximum absolute atomic E-state index is 9.20. The monoisotopic (exact) mass is 451 g/mol. The molecule has 4 nitrogen and oxygen atoms in total. The van der Waals surface area contributed by atoms with Gasteiger partial charge in [0.05, 0.1) is 22.1 Å². The van der Waals surface area contributed by atoms with Crippen LogP contribution in [0.15, 0.2) is 115 Å². The van der Waals surface area contributed by atoms with Gasteiger partial charge in [-0.3, -0.25) is 0 Å². The maximum atomic E-state index is 9.20. The van der Waals surface area contributed by atoms with Gasteiger partial charge in [-0.2, -0.15) is 0 Å². The number of rotatable bonds is 4. The van der Waals surface area contributed by atoms with Gasteiger partial charge in [-0.1, -0.05) is 54.6 Å². The molecule has 2 aromatic heterocycles. The first-order chi connectivity index (χ1) is 17.3. The van der Waals surface area contributed by atoms with Crippen molar-refractivity contribution in [3.05, 3.63) is 115 Å². The van der Waals surface area contributed by atoms with E-state index in [2.05, 4.69) is 100 Å². The highest BCUT2D eigenvalue weighted by Crippen LogP contribution is 2.40. The van der Waals surface area contributed by atoms with Crippen LogP contribution in [0.3, 0.4) is 0 Å². The number of hydrogen-bond donors (Lipinski definition) is 1. The predicted octanol–water partition coefficient (Wildman–Crippen LogP) is 6.79. The summed E-state index contributed by atoms with van der Waals surface area (Å²) in [5.41, 5.74) is 6.76. The van der Waals surface area contributed by atoms with E-state index < -0.39 is 0 Å². The molecule has 0 saturated carbocycles. The summed E-state index contributed by atoms with van der Waals surface area (Å²) in [6.07, 6.45) is 0. The molecule has 0 saturated heterocycles. The van der Waals surface area contributed by atoms with Crippen molar-refractivity contribution < 1.29 is 9.68 Å². The van der Waals surface area contributed by atoms with Gasteiger partial charge >= 0.3 is 7.69 Å². The van der Waals surface area contributed by atoms with Crippen LogP contribution < -0.4 is 4.65 Å². The van der Waals surface area contributed by atoms with Crippen molar-refractivity contribution >= 4 is 51.3 Å². The van der Waals surface area contributed by atoms with Crippen molar-refractivity contribution in [3.63, 3.8) is 0 Å². The summed E-state index contributed by atoms with van der Waals surface area (Å²) >= 11 is 0. The first kappa shape index (κ1) is 19.9. The Morgan fingerprint density at radius 2 is 1.03 bits per heavy atom. The minimum absolute atomic E-state index is 0.596. The molecule has 0 aliphatic rings. The molecule has 35 heavy (non-hydrogen) atoms. The van der Waals surface area contributed by atoms with Crippen LogP contribution in [0.5, 0.6) is 5.75 Å². The summed E-state index contributed by atoms with van der Waals surface area (Å²) in [5.74, 6) is 0.596. The van der Waals surface area contributed by atoms with Crippen LogP contribution in [0.1, 0.15) is 0 Å². The molecule has 0 atom stereocenters. The first-order valence-corrected chi connectivity index (χ1v) is 11.6. The van der Waals surface area contributed by atoms with Gasteiger partial charge in [0.15, 0.2) is 0 Å². The molecule has 165 valence electrons. The lowest BCUT2D eigenvalue weighted by Gasteiger charge is -2.10.